The Labute approximate surface area is 131 Å². The lowest BCUT2D eigenvalue weighted by atomic mass is 9.48. The van der Waals surface area contributed by atoms with Gasteiger partial charge in [0.05, 0.1) is 6.10 Å². The van der Waals surface area contributed by atoms with Crippen molar-refractivity contribution in [3.63, 3.8) is 0 Å². The van der Waals surface area contributed by atoms with Gasteiger partial charge in [0.25, 0.3) is 0 Å². The predicted octanol–water partition coefficient (Wildman–Crippen LogP) is 5.41. The van der Waals surface area contributed by atoms with Gasteiger partial charge in [-0.05, 0) is 78.3 Å². The molecule has 4 heteroatoms. The lowest BCUT2D eigenvalue weighted by Gasteiger charge is -2.58. The molecule has 1 atom stereocenters. The first-order valence-corrected chi connectivity index (χ1v) is 9.17. The van der Waals surface area contributed by atoms with E-state index in [1.165, 1.54) is 49.9 Å². The molecule has 0 saturated heterocycles. The molecular formula is C15H18BrClOS. The van der Waals surface area contributed by atoms with Gasteiger partial charge in [-0.3, -0.25) is 0 Å². The Morgan fingerprint density at radius 3 is 2.16 bits per heavy atom. The molecule has 1 aromatic heterocycles. The first-order valence-electron chi connectivity index (χ1n) is 7.18. The number of thiophene rings is 1. The maximum atomic E-state index is 11.0. The van der Waals surface area contributed by atoms with E-state index in [-0.39, 0.29) is 11.5 Å². The summed E-state index contributed by atoms with van der Waals surface area (Å²) in [7, 11) is 0. The van der Waals surface area contributed by atoms with Crippen LogP contribution in [0.1, 0.15) is 49.5 Å². The van der Waals surface area contributed by atoms with Crippen LogP contribution in [0.25, 0.3) is 0 Å². The maximum Gasteiger partial charge on any atom is 0.107 e. The average Bonchev–Trinajstić information content (AvgIpc) is 2.67. The molecule has 4 aliphatic carbocycles. The zero-order valence-electron chi connectivity index (χ0n) is 10.7. The van der Waals surface area contributed by atoms with E-state index in [2.05, 4.69) is 15.9 Å². The topological polar surface area (TPSA) is 20.2 Å². The standard InChI is InChI=1S/C15H18BrClOS/c16-11-4-12(19-14(11)17)13(18)15-5-8-1-9(6-15)3-10(2-8)7-15/h4,8-10,13,18H,1-3,5-7H2. The van der Waals surface area contributed by atoms with Crippen LogP contribution in [-0.2, 0) is 0 Å². The summed E-state index contributed by atoms with van der Waals surface area (Å²) in [4.78, 5) is 1.05. The van der Waals surface area contributed by atoms with Crippen molar-refractivity contribution in [2.75, 3.05) is 0 Å². The third-order valence-corrected chi connectivity index (χ3v) is 8.13. The van der Waals surface area contributed by atoms with Crippen molar-refractivity contribution >= 4 is 38.9 Å². The van der Waals surface area contributed by atoms with Crippen LogP contribution in [-0.4, -0.2) is 5.11 Å². The molecule has 4 aliphatic rings. The van der Waals surface area contributed by atoms with Crippen LogP contribution in [0.3, 0.4) is 0 Å². The fourth-order valence-electron chi connectivity index (χ4n) is 5.31. The van der Waals surface area contributed by atoms with Crippen LogP contribution in [0, 0.1) is 23.2 Å². The lowest BCUT2D eigenvalue weighted by Crippen LogP contribution is -2.48. The van der Waals surface area contributed by atoms with Crippen LogP contribution in [0.15, 0.2) is 10.5 Å². The Balaban J connectivity index is 1.67. The van der Waals surface area contributed by atoms with E-state index in [4.69, 9.17) is 11.6 Å². The van der Waals surface area contributed by atoms with Gasteiger partial charge in [-0.1, -0.05) is 11.6 Å². The van der Waals surface area contributed by atoms with E-state index in [9.17, 15) is 5.11 Å². The summed E-state index contributed by atoms with van der Waals surface area (Å²) < 4.78 is 1.69. The minimum Gasteiger partial charge on any atom is -0.387 e. The summed E-state index contributed by atoms with van der Waals surface area (Å²) in [6, 6.07) is 2.02. The first kappa shape index (κ1) is 13.1. The molecule has 0 radical (unpaired) electrons. The zero-order chi connectivity index (χ0) is 13.2. The van der Waals surface area contributed by atoms with Crippen LogP contribution in [0.4, 0.5) is 0 Å². The second-order valence-corrected chi connectivity index (χ2v) is 9.49. The second kappa shape index (κ2) is 4.46. The molecule has 0 amide bonds. The molecule has 4 bridgehead atoms. The van der Waals surface area contributed by atoms with E-state index in [1.54, 1.807) is 0 Å². The molecule has 4 saturated carbocycles. The highest BCUT2D eigenvalue weighted by molar-refractivity contribution is 9.10. The summed E-state index contributed by atoms with van der Waals surface area (Å²) in [5, 5.41) is 11.0. The molecule has 1 nitrogen and oxygen atoms in total. The SMILES string of the molecule is OC(c1cc(Br)c(Cl)s1)C12CC3CC(CC(C3)C1)C2. The van der Waals surface area contributed by atoms with Gasteiger partial charge in [0.1, 0.15) is 4.34 Å². The summed E-state index contributed by atoms with van der Waals surface area (Å²) >= 11 is 11.1. The Morgan fingerprint density at radius 2 is 1.74 bits per heavy atom. The number of aliphatic hydroxyl groups excluding tert-OH is 1. The van der Waals surface area contributed by atoms with Crippen molar-refractivity contribution in [2.45, 2.75) is 44.6 Å². The highest BCUT2D eigenvalue weighted by Gasteiger charge is 2.54. The van der Waals surface area contributed by atoms with Gasteiger partial charge < -0.3 is 5.11 Å². The fourth-order valence-corrected chi connectivity index (χ4v) is 7.18. The van der Waals surface area contributed by atoms with Crippen LogP contribution < -0.4 is 0 Å². The van der Waals surface area contributed by atoms with Gasteiger partial charge in [-0.25, -0.2) is 0 Å². The molecule has 5 rings (SSSR count). The lowest BCUT2D eigenvalue weighted by molar-refractivity contribution is -0.121. The Kier molecular flexibility index (Phi) is 3.08. The van der Waals surface area contributed by atoms with Crippen molar-refractivity contribution in [1.29, 1.82) is 0 Å². The molecule has 104 valence electrons. The molecule has 4 fully saturated rings. The molecule has 1 N–H and O–H groups in total. The van der Waals surface area contributed by atoms with E-state index < -0.39 is 0 Å². The minimum absolute atomic E-state index is 0.155. The number of halogens is 2. The molecule has 0 aliphatic heterocycles. The van der Waals surface area contributed by atoms with Gasteiger partial charge in [-0.2, -0.15) is 0 Å². The Bertz CT molecular complexity index is 457. The third kappa shape index (κ3) is 2.04. The summed E-state index contributed by atoms with van der Waals surface area (Å²) in [5.41, 5.74) is 0.155. The first-order chi connectivity index (χ1) is 9.06. The normalized spacial score (nSPS) is 41.7. The summed E-state index contributed by atoms with van der Waals surface area (Å²) in [6.07, 6.45) is 7.63. The van der Waals surface area contributed by atoms with Gasteiger partial charge in [0, 0.05) is 14.8 Å². The molecule has 0 spiro atoms. The number of hydrogen-bond acceptors (Lipinski definition) is 2. The van der Waals surface area contributed by atoms with Crippen LogP contribution >= 0.6 is 38.9 Å². The van der Waals surface area contributed by atoms with Gasteiger partial charge in [0.15, 0.2) is 0 Å². The smallest absolute Gasteiger partial charge is 0.107 e. The molecule has 0 aromatic carbocycles. The highest BCUT2D eigenvalue weighted by Crippen LogP contribution is 2.64. The predicted molar refractivity (Wildman–Crippen MR) is 82.6 cm³/mol. The maximum absolute atomic E-state index is 11.0. The molecule has 19 heavy (non-hydrogen) atoms. The molecular weight excluding hydrogens is 344 g/mol. The van der Waals surface area contributed by atoms with Crippen LogP contribution in [0.2, 0.25) is 4.34 Å². The quantitative estimate of drug-likeness (QED) is 0.746. The number of hydrogen-bond donors (Lipinski definition) is 1. The number of aliphatic hydroxyl groups is 1. The summed E-state index contributed by atoms with van der Waals surface area (Å²) in [5.74, 6) is 2.62. The minimum atomic E-state index is -0.310. The molecule has 1 aromatic rings. The van der Waals surface area contributed by atoms with E-state index in [1.807, 2.05) is 6.07 Å². The summed E-state index contributed by atoms with van der Waals surface area (Å²) in [6.45, 7) is 0. The molecule has 1 heterocycles. The monoisotopic (exact) mass is 360 g/mol. The van der Waals surface area contributed by atoms with Crippen molar-refractivity contribution < 1.29 is 5.11 Å². The fraction of sp³-hybridized carbons (Fsp3) is 0.733. The Hall–Kier alpha value is 0.430. The van der Waals surface area contributed by atoms with Crippen molar-refractivity contribution in [3.05, 3.63) is 19.8 Å². The second-order valence-electron chi connectivity index (χ2n) is 6.95. The third-order valence-electron chi connectivity index (χ3n) is 5.60. The Morgan fingerprint density at radius 1 is 1.21 bits per heavy atom. The number of rotatable bonds is 2. The van der Waals surface area contributed by atoms with E-state index >= 15 is 0 Å². The molecule has 1 unspecified atom stereocenters. The van der Waals surface area contributed by atoms with Crippen LogP contribution in [0.5, 0.6) is 0 Å². The average molecular weight is 362 g/mol. The zero-order valence-corrected chi connectivity index (χ0v) is 13.9. The van der Waals surface area contributed by atoms with Crippen molar-refractivity contribution in [2.24, 2.45) is 23.2 Å². The van der Waals surface area contributed by atoms with E-state index in [0.717, 1.165) is 31.4 Å². The largest absolute Gasteiger partial charge is 0.387 e. The van der Waals surface area contributed by atoms with Crippen molar-refractivity contribution in [3.8, 4) is 0 Å². The van der Waals surface area contributed by atoms with E-state index in [0.29, 0.717) is 0 Å². The van der Waals surface area contributed by atoms with Gasteiger partial charge in [-0.15, -0.1) is 11.3 Å². The highest BCUT2D eigenvalue weighted by atomic mass is 79.9. The van der Waals surface area contributed by atoms with Gasteiger partial charge in [0.2, 0.25) is 0 Å². The van der Waals surface area contributed by atoms with Crippen molar-refractivity contribution in [1.82, 2.24) is 0 Å². The van der Waals surface area contributed by atoms with Gasteiger partial charge >= 0.3 is 0 Å².